The van der Waals surface area contributed by atoms with Gasteiger partial charge in [0.2, 0.25) is 5.91 Å². The fraction of sp³-hybridized carbons (Fsp3) is 0.875. The van der Waals surface area contributed by atoms with Crippen molar-refractivity contribution in [2.24, 2.45) is 0 Å². The molecule has 0 aromatic rings. The van der Waals surface area contributed by atoms with Gasteiger partial charge >= 0.3 is 0 Å². The topological polar surface area (TPSA) is 32.3 Å². The van der Waals surface area contributed by atoms with Crippen molar-refractivity contribution in [2.45, 2.75) is 32.4 Å². The standard InChI is InChI=1S/C8H16N2O/c1-6(2)10(3)7-4-8(11)9-5-7/h6-7H,4-5H2,1-3H3,(H,9,11). The van der Waals surface area contributed by atoms with Gasteiger partial charge in [0.05, 0.1) is 0 Å². The van der Waals surface area contributed by atoms with Gasteiger partial charge in [-0.2, -0.15) is 0 Å². The average Bonchev–Trinajstić information content (AvgIpc) is 2.34. The smallest absolute Gasteiger partial charge is 0.221 e. The Kier molecular flexibility index (Phi) is 2.49. The highest BCUT2D eigenvalue weighted by Crippen LogP contribution is 2.09. The minimum atomic E-state index is 0.183. The van der Waals surface area contributed by atoms with Crippen molar-refractivity contribution < 1.29 is 4.79 Å². The van der Waals surface area contributed by atoms with E-state index in [-0.39, 0.29) is 5.91 Å². The van der Waals surface area contributed by atoms with Crippen molar-refractivity contribution in [1.29, 1.82) is 0 Å². The van der Waals surface area contributed by atoms with Crippen LogP contribution in [0.4, 0.5) is 0 Å². The predicted octanol–water partition coefficient (Wildman–Crippen LogP) is 0.215. The van der Waals surface area contributed by atoms with Crippen molar-refractivity contribution in [3.63, 3.8) is 0 Å². The summed E-state index contributed by atoms with van der Waals surface area (Å²) in [6.45, 7) is 5.10. The van der Waals surface area contributed by atoms with E-state index in [0.29, 0.717) is 18.5 Å². The zero-order valence-corrected chi connectivity index (χ0v) is 7.42. The molecule has 1 heterocycles. The molecule has 1 atom stereocenters. The van der Waals surface area contributed by atoms with Gasteiger partial charge in [0, 0.05) is 25.0 Å². The van der Waals surface area contributed by atoms with Gasteiger partial charge in [-0.3, -0.25) is 9.69 Å². The molecule has 0 aliphatic carbocycles. The van der Waals surface area contributed by atoms with Gasteiger partial charge in [-0.25, -0.2) is 0 Å². The highest BCUT2D eigenvalue weighted by molar-refractivity contribution is 5.78. The van der Waals surface area contributed by atoms with Crippen LogP contribution in [0.15, 0.2) is 0 Å². The van der Waals surface area contributed by atoms with E-state index in [0.717, 1.165) is 6.54 Å². The summed E-state index contributed by atoms with van der Waals surface area (Å²) in [5, 5.41) is 2.82. The summed E-state index contributed by atoms with van der Waals surface area (Å²) < 4.78 is 0. The molecule has 1 amide bonds. The highest BCUT2D eigenvalue weighted by atomic mass is 16.1. The molecule has 0 radical (unpaired) electrons. The van der Waals surface area contributed by atoms with Crippen molar-refractivity contribution in [1.82, 2.24) is 10.2 Å². The number of likely N-dealkylation sites (N-methyl/N-ethyl adjacent to an activating group) is 1. The first-order valence-corrected chi connectivity index (χ1v) is 4.10. The Bertz CT molecular complexity index is 156. The lowest BCUT2D eigenvalue weighted by Gasteiger charge is -2.26. The van der Waals surface area contributed by atoms with E-state index < -0.39 is 0 Å². The van der Waals surface area contributed by atoms with Crippen molar-refractivity contribution in [3.05, 3.63) is 0 Å². The van der Waals surface area contributed by atoms with Crippen molar-refractivity contribution in [2.75, 3.05) is 13.6 Å². The molecule has 1 N–H and O–H groups in total. The molecule has 0 spiro atoms. The monoisotopic (exact) mass is 156 g/mol. The Morgan fingerprint density at radius 1 is 1.64 bits per heavy atom. The fourth-order valence-corrected chi connectivity index (χ4v) is 1.30. The quantitative estimate of drug-likeness (QED) is 0.620. The van der Waals surface area contributed by atoms with E-state index in [9.17, 15) is 4.79 Å². The Hall–Kier alpha value is -0.570. The third-order valence-corrected chi connectivity index (χ3v) is 2.35. The highest BCUT2D eigenvalue weighted by Gasteiger charge is 2.25. The molecule has 64 valence electrons. The molecule has 1 rings (SSSR count). The van der Waals surface area contributed by atoms with Gasteiger partial charge in [-0.05, 0) is 20.9 Å². The van der Waals surface area contributed by atoms with Crippen LogP contribution in [0.25, 0.3) is 0 Å². The van der Waals surface area contributed by atoms with E-state index >= 15 is 0 Å². The summed E-state index contributed by atoms with van der Waals surface area (Å²) in [4.78, 5) is 13.1. The summed E-state index contributed by atoms with van der Waals surface area (Å²) in [6.07, 6.45) is 0.661. The average molecular weight is 156 g/mol. The number of hydrogen-bond acceptors (Lipinski definition) is 2. The van der Waals surface area contributed by atoms with Gasteiger partial charge in [-0.15, -0.1) is 0 Å². The maximum absolute atomic E-state index is 10.8. The molecule has 1 aliphatic rings. The lowest BCUT2D eigenvalue weighted by Crippen LogP contribution is -2.38. The summed E-state index contributed by atoms with van der Waals surface area (Å²) in [7, 11) is 2.07. The van der Waals surface area contributed by atoms with E-state index in [1.54, 1.807) is 0 Å². The first kappa shape index (κ1) is 8.53. The molecule has 0 saturated carbocycles. The van der Waals surface area contributed by atoms with Gasteiger partial charge < -0.3 is 5.32 Å². The second kappa shape index (κ2) is 3.22. The number of amides is 1. The lowest BCUT2D eigenvalue weighted by atomic mass is 10.2. The van der Waals surface area contributed by atoms with Gasteiger partial charge in [0.1, 0.15) is 0 Å². The number of rotatable bonds is 2. The molecular formula is C8H16N2O. The lowest BCUT2D eigenvalue weighted by molar-refractivity contribution is -0.119. The number of nitrogens with zero attached hydrogens (tertiary/aromatic N) is 1. The zero-order valence-electron chi connectivity index (χ0n) is 7.42. The third-order valence-electron chi connectivity index (χ3n) is 2.35. The first-order chi connectivity index (χ1) is 5.11. The Morgan fingerprint density at radius 3 is 2.64 bits per heavy atom. The van der Waals surface area contributed by atoms with Crippen LogP contribution in [-0.2, 0) is 4.79 Å². The molecule has 1 saturated heterocycles. The van der Waals surface area contributed by atoms with Gasteiger partial charge in [0.25, 0.3) is 0 Å². The summed E-state index contributed by atoms with van der Waals surface area (Å²) in [5.41, 5.74) is 0. The van der Waals surface area contributed by atoms with Crippen LogP contribution in [0.3, 0.4) is 0 Å². The summed E-state index contributed by atoms with van der Waals surface area (Å²) in [5.74, 6) is 0.183. The van der Waals surface area contributed by atoms with Crippen LogP contribution in [0.1, 0.15) is 20.3 Å². The van der Waals surface area contributed by atoms with E-state index in [4.69, 9.17) is 0 Å². The molecule has 11 heavy (non-hydrogen) atoms. The summed E-state index contributed by atoms with van der Waals surface area (Å²) >= 11 is 0. The first-order valence-electron chi connectivity index (χ1n) is 4.10. The molecule has 3 heteroatoms. The number of carbonyl (C=O) groups excluding carboxylic acids is 1. The molecule has 0 aromatic carbocycles. The number of hydrogen-bond donors (Lipinski definition) is 1. The molecular weight excluding hydrogens is 140 g/mol. The molecule has 1 fully saturated rings. The SMILES string of the molecule is CC(C)N(C)C1CNC(=O)C1. The molecule has 3 nitrogen and oxygen atoms in total. The largest absolute Gasteiger partial charge is 0.354 e. The number of carbonyl (C=O) groups is 1. The normalized spacial score (nSPS) is 24.8. The Morgan fingerprint density at radius 2 is 2.27 bits per heavy atom. The van der Waals surface area contributed by atoms with E-state index in [1.807, 2.05) is 0 Å². The van der Waals surface area contributed by atoms with Crippen molar-refractivity contribution in [3.8, 4) is 0 Å². The van der Waals surface area contributed by atoms with E-state index in [2.05, 4.69) is 31.1 Å². The molecule has 0 bridgehead atoms. The Labute approximate surface area is 67.8 Å². The van der Waals surface area contributed by atoms with Crippen LogP contribution in [0.5, 0.6) is 0 Å². The van der Waals surface area contributed by atoms with Crippen LogP contribution in [-0.4, -0.2) is 36.5 Å². The van der Waals surface area contributed by atoms with Crippen LogP contribution < -0.4 is 5.32 Å². The summed E-state index contributed by atoms with van der Waals surface area (Å²) in [6, 6.07) is 0.926. The predicted molar refractivity (Wildman–Crippen MR) is 44.3 cm³/mol. The molecule has 0 aromatic heterocycles. The Balaban J connectivity index is 2.43. The molecule has 1 aliphatic heterocycles. The fourth-order valence-electron chi connectivity index (χ4n) is 1.30. The maximum atomic E-state index is 10.8. The van der Waals surface area contributed by atoms with Gasteiger partial charge in [0.15, 0.2) is 0 Å². The van der Waals surface area contributed by atoms with E-state index in [1.165, 1.54) is 0 Å². The van der Waals surface area contributed by atoms with Crippen LogP contribution >= 0.6 is 0 Å². The van der Waals surface area contributed by atoms with Crippen LogP contribution in [0, 0.1) is 0 Å². The van der Waals surface area contributed by atoms with Crippen LogP contribution in [0.2, 0.25) is 0 Å². The number of nitrogens with one attached hydrogen (secondary N) is 1. The molecule has 1 unspecified atom stereocenters. The minimum absolute atomic E-state index is 0.183. The maximum Gasteiger partial charge on any atom is 0.221 e. The third kappa shape index (κ3) is 1.93. The second-order valence-corrected chi connectivity index (χ2v) is 3.42. The second-order valence-electron chi connectivity index (χ2n) is 3.42. The van der Waals surface area contributed by atoms with Crippen molar-refractivity contribution >= 4 is 5.91 Å². The minimum Gasteiger partial charge on any atom is -0.354 e. The zero-order chi connectivity index (χ0) is 8.43. The van der Waals surface area contributed by atoms with Gasteiger partial charge in [-0.1, -0.05) is 0 Å².